The van der Waals surface area contributed by atoms with Gasteiger partial charge in [-0.2, -0.15) is 0 Å². The molecule has 0 fully saturated rings. The van der Waals surface area contributed by atoms with Crippen LogP contribution in [0, 0.1) is 0 Å². The van der Waals surface area contributed by atoms with Gasteiger partial charge in [0.05, 0.1) is 12.2 Å². The van der Waals surface area contributed by atoms with Gasteiger partial charge in [-0.1, -0.05) is 23.7 Å². The summed E-state index contributed by atoms with van der Waals surface area (Å²) >= 11 is 5.77. The van der Waals surface area contributed by atoms with Crippen LogP contribution in [0.15, 0.2) is 53.4 Å². The number of rotatable bonds is 5. The molecule has 0 bridgehead atoms. The third-order valence-electron chi connectivity index (χ3n) is 2.76. The summed E-state index contributed by atoms with van der Waals surface area (Å²) in [7, 11) is -3.90. The Hall–Kier alpha value is -2.09. The van der Waals surface area contributed by atoms with Crippen LogP contribution in [0.3, 0.4) is 0 Å². The number of carbonyl (C=O) groups excluding carboxylic acids is 1. The summed E-state index contributed by atoms with van der Waals surface area (Å²) in [6.07, 6.45) is 0. The molecule has 0 atom stereocenters. The third kappa shape index (κ3) is 4.45. The second-order valence-corrected chi connectivity index (χ2v) is 6.42. The van der Waals surface area contributed by atoms with Crippen molar-refractivity contribution in [2.75, 3.05) is 17.2 Å². The molecule has 4 N–H and O–H groups in total. The quantitative estimate of drug-likeness (QED) is 0.775. The third-order valence-corrected chi connectivity index (χ3v) is 3.99. The van der Waals surface area contributed by atoms with E-state index in [1.54, 1.807) is 30.3 Å². The Bertz CT molecular complexity index is 776. The fraction of sp³-hybridized carbons (Fsp3) is 0.0714. The van der Waals surface area contributed by atoms with E-state index in [0.29, 0.717) is 5.02 Å². The maximum atomic E-state index is 11.9. The number of nitrogens with one attached hydrogen (secondary N) is 2. The summed E-state index contributed by atoms with van der Waals surface area (Å²) in [6, 6.07) is 12.8. The van der Waals surface area contributed by atoms with Crippen LogP contribution in [0.2, 0.25) is 5.02 Å². The molecule has 0 aliphatic heterocycles. The van der Waals surface area contributed by atoms with Gasteiger partial charge in [-0.25, -0.2) is 13.6 Å². The molecule has 0 heterocycles. The molecule has 0 aliphatic carbocycles. The lowest BCUT2D eigenvalue weighted by molar-refractivity contribution is -0.114. The van der Waals surface area contributed by atoms with Crippen LogP contribution < -0.4 is 15.8 Å². The van der Waals surface area contributed by atoms with Gasteiger partial charge < -0.3 is 10.6 Å². The lowest BCUT2D eigenvalue weighted by atomic mass is 10.3. The molecule has 8 heteroatoms. The monoisotopic (exact) mass is 339 g/mol. The summed E-state index contributed by atoms with van der Waals surface area (Å²) in [6.45, 7) is -0.0272. The predicted molar refractivity (Wildman–Crippen MR) is 86.4 cm³/mol. The largest absolute Gasteiger partial charge is 0.376 e. The molecule has 2 aromatic carbocycles. The summed E-state index contributed by atoms with van der Waals surface area (Å²) in [5.74, 6) is -0.397. The van der Waals surface area contributed by atoms with E-state index < -0.39 is 15.9 Å². The molecule has 0 radical (unpaired) electrons. The second-order valence-electron chi connectivity index (χ2n) is 4.45. The predicted octanol–water partition coefficient (Wildman–Crippen LogP) is 2.04. The first-order chi connectivity index (χ1) is 10.4. The highest BCUT2D eigenvalue weighted by Crippen LogP contribution is 2.19. The number of benzene rings is 2. The number of carbonyl (C=O) groups is 1. The first-order valence-corrected chi connectivity index (χ1v) is 8.20. The van der Waals surface area contributed by atoms with E-state index in [4.69, 9.17) is 16.7 Å². The molecule has 22 heavy (non-hydrogen) atoms. The zero-order valence-electron chi connectivity index (χ0n) is 11.4. The van der Waals surface area contributed by atoms with Crippen LogP contribution in [0.4, 0.5) is 11.4 Å². The fourth-order valence-electron chi connectivity index (χ4n) is 1.76. The van der Waals surface area contributed by atoms with Gasteiger partial charge in [0.25, 0.3) is 0 Å². The number of sulfonamides is 1. The number of para-hydroxylation sites is 1. The number of primary sulfonamides is 1. The maximum Gasteiger partial charge on any atom is 0.243 e. The van der Waals surface area contributed by atoms with Crippen LogP contribution in [0.5, 0.6) is 0 Å². The van der Waals surface area contributed by atoms with E-state index in [1.807, 2.05) is 0 Å². The van der Waals surface area contributed by atoms with E-state index in [9.17, 15) is 13.2 Å². The van der Waals surface area contributed by atoms with E-state index in [0.717, 1.165) is 5.69 Å². The van der Waals surface area contributed by atoms with Crippen molar-refractivity contribution >= 4 is 38.9 Å². The Labute approximate surface area is 133 Å². The van der Waals surface area contributed by atoms with Crippen molar-refractivity contribution < 1.29 is 13.2 Å². The molecule has 0 unspecified atom stereocenters. The number of halogens is 1. The average molecular weight is 340 g/mol. The van der Waals surface area contributed by atoms with Crippen molar-refractivity contribution in [2.45, 2.75) is 4.90 Å². The Morgan fingerprint density at radius 2 is 1.73 bits per heavy atom. The van der Waals surface area contributed by atoms with Crippen LogP contribution in [0.25, 0.3) is 0 Å². The summed E-state index contributed by atoms with van der Waals surface area (Å²) in [5.41, 5.74) is 0.868. The minimum atomic E-state index is -3.90. The highest BCUT2D eigenvalue weighted by atomic mass is 35.5. The van der Waals surface area contributed by atoms with Crippen molar-refractivity contribution in [1.29, 1.82) is 0 Å². The number of anilines is 2. The molecule has 0 saturated heterocycles. The fourth-order valence-corrected chi connectivity index (χ4v) is 2.58. The van der Waals surface area contributed by atoms with Crippen LogP contribution in [-0.4, -0.2) is 20.9 Å². The molecule has 0 saturated carbocycles. The molecule has 2 rings (SSSR count). The molecule has 2 aromatic rings. The number of amides is 1. The Kier molecular flexibility index (Phi) is 5.02. The Balaban J connectivity index is 2.02. The van der Waals surface area contributed by atoms with E-state index in [-0.39, 0.29) is 17.1 Å². The van der Waals surface area contributed by atoms with Crippen molar-refractivity contribution in [2.24, 2.45) is 5.14 Å². The topological polar surface area (TPSA) is 101 Å². The van der Waals surface area contributed by atoms with Gasteiger partial charge in [0, 0.05) is 10.7 Å². The van der Waals surface area contributed by atoms with E-state index in [2.05, 4.69) is 10.6 Å². The summed E-state index contributed by atoms with van der Waals surface area (Å²) in [4.78, 5) is 11.8. The van der Waals surface area contributed by atoms with Gasteiger partial charge in [0.2, 0.25) is 15.9 Å². The zero-order chi connectivity index (χ0) is 16.2. The van der Waals surface area contributed by atoms with E-state index in [1.165, 1.54) is 18.2 Å². The van der Waals surface area contributed by atoms with E-state index >= 15 is 0 Å². The first kappa shape index (κ1) is 16.3. The minimum absolute atomic E-state index is 0.0272. The lowest BCUT2D eigenvalue weighted by Crippen LogP contribution is -2.23. The van der Waals surface area contributed by atoms with Gasteiger partial charge in [0.1, 0.15) is 4.90 Å². The van der Waals surface area contributed by atoms with Crippen LogP contribution in [-0.2, 0) is 14.8 Å². The number of hydrogen-bond acceptors (Lipinski definition) is 4. The standard InChI is InChI=1S/C14H14ClN3O3S/c15-10-5-7-11(8-6-10)17-9-14(19)18-12-3-1-2-4-13(12)22(16,20)21/h1-8,17H,9H2,(H,18,19)(H2,16,20,21). The highest BCUT2D eigenvalue weighted by molar-refractivity contribution is 7.89. The van der Waals surface area contributed by atoms with Crippen molar-refractivity contribution in [3.05, 3.63) is 53.6 Å². The first-order valence-electron chi connectivity index (χ1n) is 6.27. The van der Waals surface area contributed by atoms with Crippen molar-refractivity contribution in [1.82, 2.24) is 0 Å². The molecule has 6 nitrogen and oxygen atoms in total. The van der Waals surface area contributed by atoms with Crippen LogP contribution in [0.1, 0.15) is 0 Å². The Morgan fingerprint density at radius 3 is 2.36 bits per heavy atom. The van der Waals surface area contributed by atoms with Crippen molar-refractivity contribution in [3.8, 4) is 0 Å². The normalized spacial score (nSPS) is 11.0. The maximum absolute atomic E-state index is 11.9. The van der Waals surface area contributed by atoms with Gasteiger partial charge in [-0.05, 0) is 36.4 Å². The SMILES string of the molecule is NS(=O)(=O)c1ccccc1NC(=O)CNc1ccc(Cl)cc1. The number of hydrogen-bond donors (Lipinski definition) is 3. The van der Waals surface area contributed by atoms with Gasteiger partial charge in [-0.3, -0.25) is 4.79 Å². The molecule has 116 valence electrons. The summed E-state index contributed by atoms with van der Waals surface area (Å²) < 4.78 is 22.9. The van der Waals surface area contributed by atoms with Gasteiger partial charge >= 0.3 is 0 Å². The molecule has 0 spiro atoms. The molecular weight excluding hydrogens is 326 g/mol. The minimum Gasteiger partial charge on any atom is -0.376 e. The van der Waals surface area contributed by atoms with Crippen LogP contribution >= 0.6 is 11.6 Å². The molecular formula is C14H14ClN3O3S. The molecule has 1 amide bonds. The highest BCUT2D eigenvalue weighted by Gasteiger charge is 2.14. The second kappa shape index (κ2) is 6.78. The van der Waals surface area contributed by atoms with Gasteiger partial charge in [-0.15, -0.1) is 0 Å². The van der Waals surface area contributed by atoms with Crippen molar-refractivity contribution in [3.63, 3.8) is 0 Å². The summed E-state index contributed by atoms with van der Waals surface area (Å²) in [5, 5.41) is 11.1. The lowest BCUT2D eigenvalue weighted by Gasteiger charge is -2.10. The smallest absolute Gasteiger partial charge is 0.243 e. The molecule has 0 aromatic heterocycles. The number of nitrogens with two attached hydrogens (primary N) is 1. The molecule has 0 aliphatic rings. The van der Waals surface area contributed by atoms with Gasteiger partial charge in [0.15, 0.2) is 0 Å². The zero-order valence-corrected chi connectivity index (χ0v) is 13.0. The Morgan fingerprint density at radius 1 is 1.09 bits per heavy atom. The average Bonchev–Trinajstić information content (AvgIpc) is 2.46.